The number of esters is 1. The normalized spacial score (nSPS) is 10.6. The van der Waals surface area contributed by atoms with Crippen LogP contribution < -0.4 is 15.0 Å². The predicted molar refractivity (Wildman–Crippen MR) is 95.6 cm³/mol. The van der Waals surface area contributed by atoms with E-state index in [1.54, 1.807) is 42.5 Å². The highest BCUT2D eigenvalue weighted by atomic mass is 16.5. The van der Waals surface area contributed by atoms with E-state index in [1.165, 1.54) is 21.3 Å². The van der Waals surface area contributed by atoms with E-state index >= 15 is 0 Å². The van der Waals surface area contributed by atoms with Crippen molar-refractivity contribution in [1.82, 2.24) is 9.78 Å². The van der Waals surface area contributed by atoms with Crippen LogP contribution in [0.3, 0.4) is 0 Å². The molecule has 0 spiro atoms. The molecule has 0 radical (unpaired) electrons. The number of aromatic nitrogens is 2. The number of benzene rings is 2. The Hall–Kier alpha value is -3.35. The van der Waals surface area contributed by atoms with Gasteiger partial charge in [0.15, 0.2) is 17.2 Å². The van der Waals surface area contributed by atoms with Crippen LogP contribution in [-0.4, -0.2) is 30.0 Å². The van der Waals surface area contributed by atoms with Crippen LogP contribution in [0.4, 0.5) is 0 Å². The lowest BCUT2D eigenvalue weighted by Gasteiger charge is -2.13. The number of carbonyl (C=O) groups excluding carboxylic acids is 1. The summed E-state index contributed by atoms with van der Waals surface area (Å²) < 4.78 is 17.1. The summed E-state index contributed by atoms with van der Waals surface area (Å²) in [6, 6.07) is 12.1. The van der Waals surface area contributed by atoms with Crippen LogP contribution in [0, 0.1) is 0 Å². The Morgan fingerprint density at radius 3 is 2.46 bits per heavy atom. The molecular weight excluding hydrogens is 336 g/mol. The Morgan fingerprint density at radius 1 is 1.04 bits per heavy atom. The zero-order valence-corrected chi connectivity index (χ0v) is 14.7. The molecule has 7 nitrogen and oxygen atoms in total. The number of nitrogens with zero attached hydrogens (tertiary/aromatic N) is 2. The summed E-state index contributed by atoms with van der Waals surface area (Å²) in [4.78, 5) is 24.7. The molecule has 3 aromatic rings. The van der Waals surface area contributed by atoms with Gasteiger partial charge in [0.1, 0.15) is 6.61 Å². The number of carbonyl (C=O) groups is 1. The number of fused-ring (bicyclic) bond motifs is 1. The van der Waals surface area contributed by atoms with Crippen molar-refractivity contribution < 1.29 is 19.0 Å². The summed E-state index contributed by atoms with van der Waals surface area (Å²) in [5.41, 5.74) is 0.477. The molecule has 0 saturated carbocycles. The molecule has 7 heteroatoms. The molecule has 0 aliphatic heterocycles. The summed E-state index contributed by atoms with van der Waals surface area (Å²) in [5, 5.41) is 4.93. The van der Waals surface area contributed by atoms with Gasteiger partial charge < -0.3 is 14.2 Å². The third kappa shape index (κ3) is 3.11. The number of rotatable bonds is 5. The van der Waals surface area contributed by atoms with Gasteiger partial charge in [-0.25, -0.2) is 9.48 Å². The van der Waals surface area contributed by atoms with Crippen molar-refractivity contribution in [2.24, 2.45) is 7.05 Å². The highest BCUT2D eigenvalue weighted by molar-refractivity contribution is 6.02. The van der Waals surface area contributed by atoms with E-state index in [0.29, 0.717) is 27.8 Å². The lowest BCUT2D eigenvalue weighted by Crippen LogP contribution is -2.23. The predicted octanol–water partition coefficient (Wildman–Crippen LogP) is 2.31. The first-order valence-corrected chi connectivity index (χ1v) is 7.90. The molecule has 0 aliphatic rings. The molecule has 0 fully saturated rings. The quantitative estimate of drug-likeness (QED) is 0.654. The Balaban J connectivity index is 1.92. The number of para-hydroxylation sites is 1. The van der Waals surface area contributed by atoms with Gasteiger partial charge in [0.25, 0.3) is 5.56 Å². The van der Waals surface area contributed by atoms with E-state index in [0.717, 1.165) is 4.68 Å². The summed E-state index contributed by atoms with van der Waals surface area (Å²) in [5.74, 6) is 0.425. The maximum atomic E-state index is 12.6. The fourth-order valence-corrected chi connectivity index (χ4v) is 2.73. The van der Waals surface area contributed by atoms with Crippen LogP contribution in [0.2, 0.25) is 0 Å². The van der Waals surface area contributed by atoms with Crippen LogP contribution in [0.1, 0.15) is 16.1 Å². The number of aryl methyl sites for hydroxylation is 1. The molecular formula is C19H18N2O5. The Kier molecular flexibility index (Phi) is 4.88. The molecule has 2 aromatic carbocycles. The van der Waals surface area contributed by atoms with Crippen molar-refractivity contribution in [1.29, 1.82) is 0 Å². The number of methoxy groups -OCH3 is 2. The van der Waals surface area contributed by atoms with Crippen molar-refractivity contribution in [2.75, 3.05) is 14.2 Å². The highest BCUT2D eigenvalue weighted by Gasteiger charge is 2.18. The molecule has 0 amide bonds. The molecule has 0 unspecified atom stereocenters. The molecule has 0 saturated heterocycles. The van der Waals surface area contributed by atoms with E-state index in [4.69, 9.17) is 14.2 Å². The van der Waals surface area contributed by atoms with Crippen LogP contribution >= 0.6 is 0 Å². The van der Waals surface area contributed by atoms with E-state index in [1.807, 2.05) is 0 Å². The molecule has 0 aliphatic carbocycles. The van der Waals surface area contributed by atoms with Crippen molar-refractivity contribution in [3.63, 3.8) is 0 Å². The first-order chi connectivity index (χ1) is 12.6. The molecule has 134 valence electrons. The highest BCUT2D eigenvalue weighted by Crippen LogP contribution is 2.31. The summed E-state index contributed by atoms with van der Waals surface area (Å²) in [6.45, 7) is -0.0158. The molecule has 0 N–H and O–H groups in total. The fraction of sp³-hybridized carbons (Fsp3) is 0.211. The van der Waals surface area contributed by atoms with Gasteiger partial charge in [-0.05, 0) is 12.1 Å². The average Bonchev–Trinajstić information content (AvgIpc) is 2.68. The van der Waals surface area contributed by atoms with Crippen molar-refractivity contribution in [2.45, 2.75) is 6.61 Å². The maximum Gasteiger partial charge on any atom is 0.359 e. The fourth-order valence-electron chi connectivity index (χ4n) is 2.73. The first-order valence-electron chi connectivity index (χ1n) is 7.90. The van der Waals surface area contributed by atoms with Gasteiger partial charge in [-0.1, -0.05) is 30.3 Å². The van der Waals surface area contributed by atoms with E-state index in [-0.39, 0.29) is 17.9 Å². The average molecular weight is 354 g/mol. The largest absolute Gasteiger partial charge is 0.493 e. The van der Waals surface area contributed by atoms with Gasteiger partial charge in [0.2, 0.25) is 0 Å². The summed E-state index contributed by atoms with van der Waals surface area (Å²) in [6.07, 6.45) is 0. The topological polar surface area (TPSA) is 79.7 Å². The monoisotopic (exact) mass is 354 g/mol. The third-order valence-electron chi connectivity index (χ3n) is 3.99. The lowest BCUT2D eigenvalue weighted by molar-refractivity contribution is 0.0462. The zero-order valence-electron chi connectivity index (χ0n) is 14.7. The van der Waals surface area contributed by atoms with Crippen LogP contribution in [0.25, 0.3) is 10.8 Å². The van der Waals surface area contributed by atoms with Crippen LogP contribution in [0.15, 0.2) is 47.3 Å². The van der Waals surface area contributed by atoms with E-state index in [9.17, 15) is 9.59 Å². The molecule has 1 aromatic heterocycles. The third-order valence-corrected chi connectivity index (χ3v) is 3.99. The second-order valence-electron chi connectivity index (χ2n) is 5.55. The molecule has 0 bridgehead atoms. The standard InChI is InChI=1S/C19H18N2O5/c1-21-18(22)14-9-5-4-8-13(14)16(20-21)19(23)26-11-12-7-6-10-15(24-2)17(12)25-3/h4-10H,11H2,1-3H3. The smallest absolute Gasteiger partial charge is 0.359 e. The Bertz CT molecular complexity index is 1030. The van der Waals surface area contributed by atoms with Crippen molar-refractivity contribution >= 4 is 16.7 Å². The molecule has 1 heterocycles. The molecule has 26 heavy (non-hydrogen) atoms. The SMILES string of the molecule is COc1cccc(COC(=O)c2nn(C)c(=O)c3ccccc23)c1OC. The van der Waals surface area contributed by atoms with Gasteiger partial charge in [0.05, 0.1) is 19.6 Å². The Labute approximate surface area is 149 Å². The van der Waals surface area contributed by atoms with Gasteiger partial charge >= 0.3 is 5.97 Å². The van der Waals surface area contributed by atoms with Gasteiger partial charge in [-0.3, -0.25) is 4.79 Å². The van der Waals surface area contributed by atoms with Gasteiger partial charge in [-0.2, -0.15) is 5.10 Å². The minimum atomic E-state index is -0.623. The minimum absolute atomic E-state index is 0.0158. The molecule has 0 atom stereocenters. The lowest BCUT2D eigenvalue weighted by atomic mass is 10.1. The maximum absolute atomic E-state index is 12.6. The zero-order chi connectivity index (χ0) is 18.7. The second-order valence-corrected chi connectivity index (χ2v) is 5.55. The van der Waals surface area contributed by atoms with Crippen LogP contribution in [-0.2, 0) is 18.4 Å². The second kappa shape index (κ2) is 7.26. The first kappa shape index (κ1) is 17.5. The minimum Gasteiger partial charge on any atom is -0.493 e. The van der Waals surface area contributed by atoms with Gasteiger partial charge in [0, 0.05) is 18.0 Å². The van der Waals surface area contributed by atoms with E-state index < -0.39 is 5.97 Å². The number of hydrogen-bond donors (Lipinski definition) is 0. The number of hydrogen-bond acceptors (Lipinski definition) is 6. The van der Waals surface area contributed by atoms with Gasteiger partial charge in [-0.15, -0.1) is 0 Å². The van der Waals surface area contributed by atoms with E-state index in [2.05, 4.69) is 5.10 Å². The Morgan fingerprint density at radius 2 is 1.77 bits per heavy atom. The molecule has 3 rings (SSSR count). The van der Waals surface area contributed by atoms with Crippen LogP contribution in [0.5, 0.6) is 11.5 Å². The number of ether oxygens (including phenoxy) is 3. The summed E-state index contributed by atoms with van der Waals surface area (Å²) in [7, 11) is 4.55. The van der Waals surface area contributed by atoms with Crippen molar-refractivity contribution in [3.05, 3.63) is 64.1 Å². The van der Waals surface area contributed by atoms with Crippen molar-refractivity contribution in [3.8, 4) is 11.5 Å². The summed E-state index contributed by atoms with van der Waals surface area (Å²) >= 11 is 0.